The highest BCUT2D eigenvalue weighted by Crippen LogP contribution is 2.28. The summed E-state index contributed by atoms with van der Waals surface area (Å²) in [6.07, 6.45) is 5.07. The zero-order valence-electron chi connectivity index (χ0n) is 12.7. The molecule has 114 valence electrons. The molecule has 0 bridgehead atoms. The second-order valence-corrected chi connectivity index (χ2v) is 6.14. The van der Waals surface area contributed by atoms with Gasteiger partial charge < -0.3 is 10.2 Å². The number of aromatic nitrogens is 2. The highest BCUT2D eigenvalue weighted by Gasteiger charge is 2.35. The summed E-state index contributed by atoms with van der Waals surface area (Å²) in [5, 5.41) is 11.7. The fraction of sp³-hybridized carbons (Fsp3) is 0.667. The van der Waals surface area contributed by atoms with E-state index in [0.29, 0.717) is 17.8 Å². The lowest BCUT2D eigenvalue weighted by molar-refractivity contribution is 0.0821. The first-order chi connectivity index (χ1) is 10.1. The Morgan fingerprint density at radius 2 is 2.10 bits per heavy atom. The van der Waals surface area contributed by atoms with Gasteiger partial charge in [-0.3, -0.25) is 9.69 Å². The number of anilines is 1. The Hall–Kier alpha value is -1.69. The van der Waals surface area contributed by atoms with Crippen molar-refractivity contribution in [3.63, 3.8) is 0 Å². The lowest BCUT2D eigenvalue weighted by Crippen LogP contribution is -2.41. The minimum absolute atomic E-state index is 0.117. The van der Waals surface area contributed by atoms with Crippen LogP contribution in [0, 0.1) is 0 Å². The summed E-state index contributed by atoms with van der Waals surface area (Å²) in [5.41, 5.74) is 0.385. The molecule has 2 aliphatic rings. The summed E-state index contributed by atoms with van der Waals surface area (Å²) >= 11 is 0. The molecule has 1 aromatic rings. The summed E-state index contributed by atoms with van der Waals surface area (Å²) < 4.78 is 0. The first kappa shape index (κ1) is 14.3. The van der Waals surface area contributed by atoms with E-state index in [4.69, 9.17) is 0 Å². The van der Waals surface area contributed by atoms with E-state index in [1.54, 1.807) is 20.2 Å². The van der Waals surface area contributed by atoms with Gasteiger partial charge in [0.2, 0.25) is 0 Å². The highest BCUT2D eigenvalue weighted by atomic mass is 16.2. The van der Waals surface area contributed by atoms with Crippen molar-refractivity contribution < 1.29 is 4.79 Å². The van der Waals surface area contributed by atoms with Crippen LogP contribution in [-0.4, -0.2) is 65.2 Å². The van der Waals surface area contributed by atoms with E-state index in [2.05, 4.69) is 20.4 Å². The van der Waals surface area contributed by atoms with Crippen LogP contribution in [0.4, 0.5) is 5.82 Å². The van der Waals surface area contributed by atoms with Crippen molar-refractivity contribution in [1.82, 2.24) is 20.0 Å². The molecule has 0 aromatic carbocycles. The van der Waals surface area contributed by atoms with E-state index in [1.807, 2.05) is 6.07 Å². The normalized spacial score (nSPS) is 25.4. The van der Waals surface area contributed by atoms with Gasteiger partial charge >= 0.3 is 0 Å². The quantitative estimate of drug-likeness (QED) is 0.906. The topological polar surface area (TPSA) is 61.4 Å². The van der Waals surface area contributed by atoms with Crippen LogP contribution in [0.3, 0.4) is 0 Å². The molecule has 2 fully saturated rings. The van der Waals surface area contributed by atoms with Crippen LogP contribution in [0.25, 0.3) is 0 Å². The lowest BCUT2D eigenvalue weighted by atomic mass is 9.99. The minimum atomic E-state index is -0.117. The Morgan fingerprint density at radius 3 is 2.81 bits per heavy atom. The molecule has 2 saturated heterocycles. The molecule has 1 aromatic heterocycles. The standard InChI is InChI=1S/C15H23N5O/c1-19(2)15(21)12-6-7-14(18-17-12)16-11-8-10-20-9-4-3-5-13(11)20/h6-7,11,13H,3-5,8-10H2,1-2H3,(H,16,18). The number of carbonyl (C=O) groups is 1. The van der Waals surface area contributed by atoms with Crippen molar-refractivity contribution in [1.29, 1.82) is 0 Å². The van der Waals surface area contributed by atoms with Gasteiger partial charge in [-0.15, -0.1) is 10.2 Å². The SMILES string of the molecule is CN(C)C(=O)c1ccc(NC2CCN3CCCCC23)nn1. The maximum atomic E-state index is 11.8. The van der Waals surface area contributed by atoms with Gasteiger partial charge in [0.05, 0.1) is 0 Å². The van der Waals surface area contributed by atoms with E-state index in [0.717, 1.165) is 12.2 Å². The fourth-order valence-corrected chi connectivity index (χ4v) is 3.36. The summed E-state index contributed by atoms with van der Waals surface area (Å²) in [6, 6.07) is 4.68. The van der Waals surface area contributed by atoms with E-state index in [-0.39, 0.29) is 5.91 Å². The first-order valence-electron chi connectivity index (χ1n) is 7.71. The maximum absolute atomic E-state index is 11.8. The van der Waals surface area contributed by atoms with Crippen molar-refractivity contribution in [2.45, 2.75) is 37.8 Å². The van der Waals surface area contributed by atoms with Crippen LogP contribution in [0.1, 0.15) is 36.2 Å². The van der Waals surface area contributed by atoms with Gasteiger partial charge in [-0.1, -0.05) is 6.42 Å². The Labute approximate surface area is 125 Å². The second-order valence-electron chi connectivity index (χ2n) is 6.14. The Bertz CT molecular complexity index is 501. The van der Waals surface area contributed by atoms with Crippen LogP contribution < -0.4 is 5.32 Å². The molecule has 3 heterocycles. The van der Waals surface area contributed by atoms with Crippen molar-refractivity contribution in [3.05, 3.63) is 17.8 Å². The summed E-state index contributed by atoms with van der Waals surface area (Å²) in [5.74, 6) is 0.649. The average Bonchev–Trinajstić information content (AvgIpc) is 2.91. The second kappa shape index (κ2) is 5.97. The fourth-order valence-electron chi connectivity index (χ4n) is 3.36. The predicted octanol–water partition coefficient (Wildman–Crippen LogP) is 1.22. The molecule has 2 unspecified atom stereocenters. The van der Waals surface area contributed by atoms with Crippen LogP contribution in [0.5, 0.6) is 0 Å². The Balaban J connectivity index is 1.64. The van der Waals surface area contributed by atoms with E-state index >= 15 is 0 Å². The number of piperidine rings is 1. The summed E-state index contributed by atoms with van der Waals surface area (Å²) in [4.78, 5) is 15.9. The van der Waals surface area contributed by atoms with E-state index < -0.39 is 0 Å². The summed E-state index contributed by atoms with van der Waals surface area (Å²) in [6.45, 7) is 2.40. The van der Waals surface area contributed by atoms with Crippen molar-refractivity contribution in [3.8, 4) is 0 Å². The Morgan fingerprint density at radius 1 is 1.24 bits per heavy atom. The van der Waals surface area contributed by atoms with Crippen LogP contribution in [-0.2, 0) is 0 Å². The molecule has 0 spiro atoms. The van der Waals surface area contributed by atoms with E-state index in [9.17, 15) is 4.79 Å². The third-order valence-electron chi connectivity index (χ3n) is 4.48. The molecular weight excluding hydrogens is 266 g/mol. The molecule has 1 amide bonds. The molecule has 2 atom stereocenters. The molecule has 0 radical (unpaired) electrons. The zero-order valence-corrected chi connectivity index (χ0v) is 12.7. The van der Waals surface area contributed by atoms with Crippen LogP contribution in [0.2, 0.25) is 0 Å². The summed E-state index contributed by atoms with van der Waals surface area (Å²) in [7, 11) is 3.43. The predicted molar refractivity (Wildman–Crippen MR) is 81.3 cm³/mol. The number of hydrogen-bond donors (Lipinski definition) is 1. The highest BCUT2D eigenvalue weighted by molar-refractivity contribution is 5.91. The zero-order chi connectivity index (χ0) is 14.8. The minimum Gasteiger partial charge on any atom is -0.364 e. The number of rotatable bonds is 3. The molecule has 0 aliphatic carbocycles. The van der Waals surface area contributed by atoms with Crippen LogP contribution in [0.15, 0.2) is 12.1 Å². The Kier molecular flexibility index (Phi) is 4.05. The van der Waals surface area contributed by atoms with Gasteiger partial charge in [0.15, 0.2) is 5.69 Å². The average molecular weight is 289 g/mol. The molecule has 0 saturated carbocycles. The molecule has 6 nitrogen and oxygen atoms in total. The lowest BCUT2D eigenvalue weighted by Gasteiger charge is -2.32. The van der Waals surface area contributed by atoms with Crippen molar-refractivity contribution in [2.75, 3.05) is 32.5 Å². The van der Waals surface area contributed by atoms with Crippen LogP contribution >= 0.6 is 0 Å². The number of fused-ring (bicyclic) bond motifs is 1. The molecule has 21 heavy (non-hydrogen) atoms. The molecule has 1 N–H and O–H groups in total. The van der Waals surface area contributed by atoms with Crippen molar-refractivity contribution in [2.24, 2.45) is 0 Å². The van der Waals surface area contributed by atoms with Gasteiger partial charge in [0, 0.05) is 32.7 Å². The number of carbonyl (C=O) groups excluding carboxylic acids is 1. The van der Waals surface area contributed by atoms with Gasteiger partial charge in [-0.05, 0) is 37.9 Å². The van der Waals surface area contributed by atoms with Gasteiger partial charge in [-0.2, -0.15) is 0 Å². The molecular formula is C15H23N5O. The maximum Gasteiger partial charge on any atom is 0.273 e. The van der Waals surface area contributed by atoms with E-state index in [1.165, 1.54) is 37.3 Å². The first-order valence-corrected chi connectivity index (χ1v) is 7.71. The number of amides is 1. The number of nitrogens with zero attached hydrogens (tertiary/aromatic N) is 4. The molecule has 2 aliphatic heterocycles. The number of nitrogens with one attached hydrogen (secondary N) is 1. The monoisotopic (exact) mass is 289 g/mol. The van der Waals surface area contributed by atoms with Gasteiger partial charge in [0.25, 0.3) is 5.91 Å². The smallest absolute Gasteiger partial charge is 0.273 e. The van der Waals surface area contributed by atoms with Gasteiger partial charge in [0.1, 0.15) is 5.82 Å². The van der Waals surface area contributed by atoms with Gasteiger partial charge in [-0.25, -0.2) is 0 Å². The molecule has 6 heteroatoms. The van der Waals surface area contributed by atoms with Crippen molar-refractivity contribution >= 4 is 11.7 Å². The molecule has 3 rings (SSSR count). The third-order valence-corrected chi connectivity index (χ3v) is 4.48. The third kappa shape index (κ3) is 3.00. The largest absolute Gasteiger partial charge is 0.364 e. The number of hydrogen-bond acceptors (Lipinski definition) is 5.